The zero-order valence-electron chi connectivity index (χ0n) is 22.4. The number of rotatable bonds is 15. The van der Waals surface area contributed by atoms with Crippen LogP contribution in [0.25, 0.3) is 0 Å². The zero-order chi connectivity index (χ0) is 28.0. The van der Waals surface area contributed by atoms with E-state index in [4.69, 9.17) is 10.5 Å². The number of amides is 1. The summed E-state index contributed by atoms with van der Waals surface area (Å²) in [6.45, 7) is 5.35. The molecule has 0 spiro atoms. The van der Waals surface area contributed by atoms with Crippen molar-refractivity contribution in [3.05, 3.63) is 71.7 Å². The van der Waals surface area contributed by atoms with Crippen molar-refractivity contribution < 1.29 is 27.4 Å². The monoisotopic (exact) mass is 536 g/mol. The molecule has 1 heterocycles. The minimum absolute atomic E-state index is 0.0578. The number of halogens is 3. The van der Waals surface area contributed by atoms with Gasteiger partial charge >= 0.3 is 6.11 Å². The van der Waals surface area contributed by atoms with E-state index in [1.165, 1.54) is 18.2 Å². The van der Waals surface area contributed by atoms with Crippen molar-refractivity contribution in [1.82, 2.24) is 15.1 Å². The van der Waals surface area contributed by atoms with E-state index in [9.17, 15) is 18.0 Å². The second-order valence-corrected chi connectivity index (χ2v) is 8.59. The van der Waals surface area contributed by atoms with Gasteiger partial charge in [0.25, 0.3) is 5.91 Å². The lowest BCUT2D eigenvalue weighted by molar-refractivity contribution is -0.182. The number of nitrogens with zero attached hydrogens (tertiary/aromatic N) is 2. The highest BCUT2D eigenvalue weighted by atomic mass is 19.3. The summed E-state index contributed by atoms with van der Waals surface area (Å²) in [5.41, 5.74) is 7.82. The molecule has 1 amide bonds. The molecule has 0 unspecified atom stereocenters. The molecule has 1 aromatic carbocycles. The van der Waals surface area contributed by atoms with Crippen molar-refractivity contribution in [3.63, 3.8) is 0 Å². The van der Waals surface area contributed by atoms with Crippen LogP contribution in [-0.4, -0.2) is 68.4 Å². The maximum absolute atomic E-state index is 13.8. The average Bonchev–Trinajstić information content (AvgIpc) is 3.17. The van der Waals surface area contributed by atoms with Crippen molar-refractivity contribution >= 4 is 11.6 Å². The predicted molar refractivity (Wildman–Crippen MR) is 145 cm³/mol. The van der Waals surface area contributed by atoms with E-state index in [0.29, 0.717) is 32.7 Å². The van der Waals surface area contributed by atoms with E-state index >= 15 is 0 Å². The Hall–Kier alpha value is -3.40. The number of ether oxygens (including phenoxy) is 2. The number of nitrogen functional groups attached to an aromatic ring is 1. The lowest BCUT2D eigenvalue weighted by Gasteiger charge is -2.26. The highest BCUT2D eigenvalue weighted by Gasteiger charge is 2.32. The van der Waals surface area contributed by atoms with E-state index in [-0.39, 0.29) is 22.9 Å². The van der Waals surface area contributed by atoms with Crippen LogP contribution >= 0.6 is 0 Å². The first-order chi connectivity index (χ1) is 18.3. The quantitative estimate of drug-likeness (QED) is 0.181. The maximum Gasteiger partial charge on any atom is 0.400 e. The summed E-state index contributed by atoms with van der Waals surface area (Å²) in [6.07, 6.45) is 8.98. The lowest BCUT2D eigenvalue weighted by atomic mass is 10.1. The number of carbonyl (C=O) groups is 1. The molecule has 3 N–H and O–H groups in total. The number of alkyl halides is 3. The largest absolute Gasteiger partial charge is 0.430 e. The van der Waals surface area contributed by atoms with Gasteiger partial charge in [-0.05, 0) is 57.0 Å². The number of methoxy groups -OCH3 is 1. The Morgan fingerprint density at radius 2 is 2.11 bits per heavy atom. The van der Waals surface area contributed by atoms with Crippen LogP contribution in [0.3, 0.4) is 0 Å². The first-order valence-electron chi connectivity index (χ1n) is 12.8. The van der Waals surface area contributed by atoms with Gasteiger partial charge in [0.1, 0.15) is 5.75 Å². The van der Waals surface area contributed by atoms with Gasteiger partial charge in [-0.15, -0.1) is 0 Å². The van der Waals surface area contributed by atoms with Crippen LogP contribution in [0.15, 0.2) is 66.2 Å². The molecule has 0 aromatic heterocycles. The second-order valence-electron chi connectivity index (χ2n) is 8.59. The Morgan fingerprint density at radius 3 is 2.79 bits per heavy atom. The van der Waals surface area contributed by atoms with Gasteiger partial charge in [0.05, 0.1) is 36.8 Å². The summed E-state index contributed by atoms with van der Waals surface area (Å²) in [7, 11) is 1.64. The molecule has 0 atom stereocenters. The number of benzene rings is 1. The van der Waals surface area contributed by atoms with E-state index < -0.39 is 19.2 Å². The van der Waals surface area contributed by atoms with Gasteiger partial charge in [-0.1, -0.05) is 18.2 Å². The molecule has 38 heavy (non-hydrogen) atoms. The van der Waals surface area contributed by atoms with Crippen LogP contribution in [0.2, 0.25) is 0 Å². The van der Waals surface area contributed by atoms with Crippen LogP contribution in [0.5, 0.6) is 5.75 Å². The van der Waals surface area contributed by atoms with Crippen molar-refractivity contribution in [1.29, 1.82) is 0 Å². The summed E-state index contributed by atoms with van der Waals surface area (Å²) < 4.78 is 49.8. The fourth-order valence-electron chi connectivity index (χ4n) is 3.88. The summed E-state index contributed by atoms with van der Waals surface area (Å²) in [5, 5.41) is 3.46. The molecule has 0 radical (unpaired) electrons. The van der Waals surface area contributed by atoms with Gasteiger partial charge in [0, 0.05) is 45.1 Å². The minimum atomic E-state index is -3.72. The molecule has 210 valence electrons. The number of hydrogen-bond acceptors (Lipinski definition) is 6. The third-order valence-electron chi connectivity index (χ3n) is 5.86. The highest BCUT2D eigenvalue weighted by molar-refractivity contribution is 5.95. The van der Waals surface area contributed by atoms with Gasteiger partial charge < -0.3 is 30.3 Å². The molecular weight excluding hydrogens is 497 g/mol. The molecule has 0 saturated carbocycles. The number of allylic oxidation sites excluding steroid dienone is 3. The Labute approximate surface area is 223 Å². The summed E-state index contributed by atoms with van der Waals surface area (Å²) >= 11 is 0. The van der Waals surface area contributed by atoms with Crippen LogP contribution in [0, 0.1) is 0 Å². The van der Waals surface area contributed by atoms with Crippen molar-refractivity contribution in [2.45, 2.75) is 39.2 Å². The zero-order valence-corrected chi connectivity index (χ0v) is 22.4. The Morgan fingerprint density at radius 1 is 1.32 bits per heavy atom. The fourth-order valence-corrected chi connectivity index (χ4v) is 3.88. The van der Waals surface area contributed by atoms with Gasteiger partial charge in [-0.3, -0.25) is 9.18 Å². The molecule has 7 nitrogen and oxygen atoms in total. The third kappa shape index (κ3) is 9.48. The second kappa shape index (κ2) is 15.8. The van der Waals surface area contributed by atoms with Crippen LogP contribution in [-0.2, 0) is 4.74 Å². The maximum atomic E-state index is 13.8. The number of carbonyl (C=O) groups excluding carboxylic acids is 1. The van der Waals surface area contributed by atoms with Crippen LogP contribution in [0.4, 0.5) is 18.9 Å². The van der Waals surface area contributed by atoms with E-state index in [1.54, 1.807) is 12.0 Å². The third-order valence-corrected chi connectivity index (χ3v) is 5.86. The van der Waals surface area contributed by atoms with Crippen LogP contribution < -0.4 is 15.8 Å². The molecule has 1 aliphatic rings. The highest BCUT2D eigenvalue weighted by Crippen LogP contribution is 2.30. The van der Waals surface area contributed by atoms with E-state index in [0.717, 1.165) is 24.4 Å². The molecule has 1 aliphatic heterocycles. The molecule has 0 bridgehead atoms. The predicted octanol–water partition coefficient (Wildman–Crippen LogP) is 5.25. The van der Waals surface area contributed by atoms with Gasteiger partial charge in [0.2, 0.25) is 0 Å². The fraction of sp³-hybridized carbons (Fsp3) is 0.464. The average molecular weight is 537 g/mol. The topological polar surface area (TPSA) is 80.1 Å². The van der Waals surface area contributed by atoms with Crippen molar-refractivity contribution in [2.24, 2.45) is 0 Å². The Kier molecular flexibility index (Phi) is 12.8. The Bertz CT molecular complexity index is 1020. The number of nitrogens with one attached hydrogen (secondary N) is 1. The molecule has 2 rings (SSSR count). The Balaban J connectivity index is 2.03. The van der Waals surface area contributed by atoms with Gasteiger partial charge in [-0.2, -0.15) is 8.78 Å². The van der Waals surface area contributed by atoms with E-state index in [1.807, 2.05) is 44.4 Å². The van der Waals surface area contributed by atoms with E-state index in [2.05, 4.69) is 21.0 Å². The molecule has 0 saturated heterocycles. The van der Waals surface area contributed by atoms with Gasteiger partial charge in [0.15, 0.2) is 0 Å². The first kappa shape index (κ1) is 30.8. The SMILES string of the molecule is C/C=C(\C(=C/COC)NCCCN(CC)C(=O)c1ccc(N)c(OC(F)(F)CCF)c1)N1C=CC=CCC1. The normalized spacial score (nSPS) is 14.4. The molecule has 0 fully saturated rings. The first-order valence-corrected chi connectivity index (χ1v) is 12.8. The van der Waals surface area contributed by atoms with Gasteiger partial charge in [-0.25, -0.2) is 0 Å². The number of anilines is 1. The summed E-state index contributed by atoms with van der Waals surface area (Å²) in [6, 6.07) is 3.98. The summed E-state index contributed by atoms with van der Waals surface area (Å²) in [4.78, 5) is 16.9. The molecule has 0 aliphatic carbocycles. The minimum Gasteiger partial charge on any atom is -0.430 e. The summed E-state index contributed by atoms with van der Waals surface area (Å²) in [5.74, 6) is -0.686. The molecule has 10 heteroatoms. The standard InChI is InChI=1S/C28H39F3N4O3/c1-4-25(35-17-8-6-7-9-18-35)24(13-20-37-3)33-16-10-19-34(5-2)27(36)22-11-12-23(32)26(21-22)38-28(30,31)14-15-29/h4,6-8,11-13,17,21,33H,5,9-10,14-16,18-20,32H2,1-3H3/b24-13+,25-4+. The van der Waals surface area contributed by atoms with Crippen molar-refractivity contribution in [2.75, 3.05) is 52.3 Å². The van der Waals surface area contributed by atoms with Crippen LogP contribution in [0.1, 0.15) is 43.5 Å². The molecule has 1 aromatic rings. The molecular formula is C28H39F3N4O3. The smallest absolute Gasteiger partial charge is 0.400 e. The van der Waals surface area contributed by atoms with Crippen molar-refractivity contribution in [3.8, 4) is 5.75 Å². The lowest BCUT2D eigenvalue weighted by Crippen LogP contribution is -2.34. The number of nitrogens with two attached hydrogens (primary N) is 1. The number of hydrogen-bond donors (Lipinski definition) is 2.